The van der Waals surface area contributed by atoms with E-state index in [-0.39, 0.29) is 23.3 Å². The molecule has 2 unspecified atom stereocenters. The van der Waals surface area contributed by atoms with Crippen molar-refractivity contribution in [1.29, 1.82) is 0 Å². The third-order valence-corrected chi connectivity index (χ3v) is 4.02. The monoisotopic (exact) mass is 285 g/mol. The number of carbonyl (C=O) groups excluding carboxylic acids is 1. The topological polar surface area (TPSA) is 49.3 Å². The number of phenolic OH excluding ortho intramolecular Hbond substituents is 1. The van der Waals surface area contributed by atoms with Crippen molar-refractivity contribution in [1.82, 2.24) is 5.32 Å². The summed E-state index contributed by atoms with van der Waals surface area (Å²) >= 11 is 5.90. The number of rotatable bonds is 3. The van der Waals surface area contributed by atoms with Gasteiger partial charge in [0.1, 0.15) is 11.6 Å². The van der Waals surface area contributed by atoms with Gasteiger partial charge in [-0.1, -0.05) is 12.8 Å². The van der Waals surface area contributed by atoms with Gasteiger partial charge in [-0.25, -0.2) is 4.39 Å². The molecule has 0 heterocycles. The highest BCUT2D eigenvalue weighted by atomic mass is 35.5. The van der Waals surface area contributed by atoms with Gasteiger partial charge in [-0.15, -0.1) is 11.6 Å². The van der Waals surface area contributed by atoms with Gasteiger partial charge in [0.15, 0.2) is 0 Å². The Kier molecular flexibility index (Phi) is 4.64. The predicted molar refractivity (Wildman–Crippen MR) is 72.0 cm³/mol. The Bertz CT molecular complexity index is 467. The highest BCUT2D eigenvalue weighted by Crippen LogP contribution is 2.26. The third-order valence-electron chi connectivity index (χ3n) is 3.63. The van der Waals surface area contributed by atoms with Gasteiger partial charge < -0.3 is 10.4 Å². The van der Waals surface area contributed by atoms with Crippen molar-refractivity contribution in [2.75, 3.05) is 5.88 Å². The number of carbonyl (C=O) groups is 1. The van der Waals surface area contributed by atoms with E-state index in [0.717, 1.165) is 37.8 Å². The number of hydrogen-bond donors (Lipinski definition) is 2. The molecule has 0 aromatic heterocycles. The average Bonchev–Trinajstić information content (AvgIpc) is 2.42. The van der Waals surface area contributed by atoms with Crippen LogP contribution in [0.1, 0.15) is 36.0 Å². The molecule has 1 aliphatic rings. The van der Waals surface area contributed by atoms with Gasteiger partial charge in [0.2, 0.25) is 0 Å². The van der Waals surface area contributed by atoms with E-state index >= 15 is 0 Å². The molecule has 0 saturated heterocycles. The van der Waals surface area contributed by atoms with Crippen LogP contribution >= 0.6 is 11.6 Å². The van der Waals surface area contributed by atoms with Crippen molar-refractivity contribution in [2.45, 2.75) is 31.7 Å². The summed E-state index contributed by atoms with van der Waals surface area (Å²) in [5, 5.41) is 12.5. The largest absolute Gasteiger partial charge is 0.507 e. The number of amides is 1. The molecule has 2 rings (SSSR count). The van der Waals surface area contributed by atoms with Crippen LogP contribution in [-0.2, 0) is 0 Å². The first-order chi connectivity index (χ1) is 9.11. The molecule has 0 aliphatic heterocycles. The zero-order chi connectivity index (χ0) is 13.8. The molecule has 1 amide bonds. The van der Waals surface area contributed by atoms with Crippen molar-refractivity contribution in [3.8, 4) is 5.75 Å². The lowest BCUT2D eigenvalue weighted by atomic mass is 9.85. The van der Waals surface area contributed by atoms with Gasteiger partial charge in [-0.05, 0) is 37.0 Å². The van der Waals surface area contributed by atoms with Gasteiger partial charge in [0.05, 0.1) is 5.56 Å². The molecule has 1 fully saturated rings. The Labute approximate surface area is 116 Å². The maximum Gasteiger partial charge on any atom is 0.255 e. The van der Waals surface area contributed by atoms with Crippen LogP contribution in [-0.4, -0.2) is 22.9 Å². The molecular formula is C14H17ClFNO2. The van der Waals surface area contributed by atoms with E-state index < -0.39 is 11.7 Å². The molecule has 0 radical (unpaired) electrons. The number of benzene rings is 1. The van der Waals surface area contributed by atoms with E-state index in [1.807, 2.05) is 0 Å². The van der Waals surface area contributed by atoms with Crippen LogP contribution in [0.25, 0.3) is 0 Å². The highest BCUT2D eigenvalue weighted by Gasteiger charge is 2.26. The Balaban J connectivity index is 2.09. The first kappa shape index (κ1) is 14.1. The molecular weight excluding hydrogens is 269 g/mol. The summed E-state index contributed by atoms with van der Waals surface area (Å²) in [5.74, 6) is -0.452. The van der Waals surface area contributed by atoms with Crippen LogP contribution in [0.4, 0.5) is 4.39 Å². The highest BCUT2D eigenvalue weighted by molar-refractivity contribution is 6.18. The van der Waals surface area contributed by atoms with Crippen LogP contribution in [0.3, 0.4) is 0 Å². The summed E-state index contributed by atoms with van der Waals surface area (Å²) in [7, 11) is 0. The number of aromatic hydroxyl groups is 1. The van der Waals surface area contributed by atoms with Crippen LogP contribution < -0.4 is 5.32 Å². The van der Waals surface area contributed by atoms with Crippen molar-refractivity contribution >= 4 is 17.5 Å². The SMILES string of the molecule is O=C(NC1CCCCC1CCl)c1cc(F)ccc1O. The first-order valence-corrected chi connectivity index (χ1v) is 7.00. The Morgan fingerprint density at radius 3 is 2.89 bits per heavy atom. The van der Waals surface area contributed by atoms with Gasteiger partial charge in [0.25, 0.3) is 5.91 Å². The lowest BCUT2D eigenvalue weighted by Gasteiger charge is -2.30. The summed E-state index contributed by atoms with van der Waals surface area (Å²) in [6.07, 6.45) is 4.03. The van der Waals surface area contributed by atoms with E-state index in [9.17, 15) is 14.3 Å². The molecule has 1 saturated carbocycles. The van der Waals surface area contributed by atoms with E-state index in [1.54, 1.807) is 0 Å². The average molecular weight is 286 g/mol. The lowest BCUT2D eigenvalue weighted by molar-refractivity contribution is 0.0908. The molecule has 104 valence electrons. The fourth-order valence-electron chi connectivity index (χ4n) is 2.52. The Morgan fingerprint density at radius 2 is 2.16 bits per heavy atom. The maximum atomic E-state index is 13.1. The van der Waals surface area contributed by atoms with Crippen molar-refractivity contribution in [3.63, 3.8) is 0 Å². The zero-order valence-electron chi connectivity index (χ0n) is 10.5. The minimum atomic E-state index is -0.541. The second kappa shape index (κ2) is 6.24. The van der Waals surface area contributed by atoms with Gasteiger partial charge >= 0.3 is 0 Å². The zero-order valence-corrected chi connectivity index (χ0v) is 11.3. The van der Waals surface area contributed by atoms with Crippen LogP contribution in [0.5, 0.6) is 5.75 Å². The standard InChI is InChI=1S/C14H17ClFNO2/c15-8-9-3-1-2-4-12(9)17-14(19)11-7-10(16)5-6-13(11)18/h5-7,9,12,18H,1-4,8H2,(H,17,19). The molecule has 19 heavy (non-hydrogen) atoms. The molecule has 1 aromatic rings. The maximum absolute atomic E-state index is 13.1. The van der Waals surface area contributed by atoms with E-state index in [2.05, 4.69) is 5.32 Å². The van der Waals surface area contributed by atoms with E-state index in [0.29, 0.717) is 5.88 Å². The van der Waals surface area contributed by atoms with E-state index in [1.165, 1.54) is 6.07 Å². The molecule has 0 bridgehead atoms. The number of halogens is 2. The lowest BCUT2D eigenvalue weighted by Crippen LogP contribution is -2.42. The van der Waals surface area contributed by atoms with Crippen LogP contribution in [0.2, 0.25) is 0 Å². The fraction of sp³-hybridized carbons (Fsp3) is 0.500. The molecule has 1 aromatic carbocycles. The molecule has 0 spiro atoms. The van der Waals surface area contributed by atoms with Gasteiger partial charge in [-0.2, -0.15) is 0 Å². The second-order valence-corrected chi connectivity index (χ2v) is 5.25. The summed E-state index contributed by atoms with van der Waals surface area (Å²) in [6, 6.07) is 3.35. The van der Waals surface area contributed by atoms with Crippen molar-refractivity contribution < 1.29 is 14.3 Å². The number of phenols is 1. The second-order valence-electron chi connectivity index (χ2n) is 4.94. The smallest absolute Gasteiger partial charge is 0.255 e. The minimum Gasteiger partial charge on any atom is -0.507 e. The van der Waals surface area contributed by atoms with Gasteiger partial charge in [-0.3, -0.25) is 4.79 Å². The minimum absolute atomic E-state index is 0.00131. The normalized spacial score (nSPS) is 23.1. The van der Waals surface area contributed by atoms with Crippen LogP contribution in [0, 0.1) is 11.7 Å². The molecule has 3 nitrogen and oxygen atoms in total. The summed E-state index contributed by atoms with van der Waals surface area (Å²) < 4.78 is 13.1. The molecule has 5 heteroatoms. The van der Waals surface area contributed by atoms with E-state index in [4.69, 9.17) is 11.6 Å². The van der Waals surface area contributed by atoms with Crippen molar-refractivity contribution in [3.05, 3.63) is 29.6 Å². The van der Waals surface area contributed by atoms with Crippen molar-refractivity contribution in [2.24, 2.45) is 5.92 Å². The number of hydrogen-bond acceptors (Lipinski definition) is 2. The quantitative estimate of drug-likeness (QED) is 0.839. The molecule has 2 atom stereocenters. The molecule has 2 N–H and O–H groups in total. The third kappa shape index (κ3) is 3.38. The molecule has 1 aliphatic carbocycles. The summed E-state index contributed by atoms with van der Waals surface area (Å²) in [6.45, 7) is 0. The summed E-state index contributed by atoms with van der Waals surface area (Å²) in [5.41, 5.74) is -0.0288. The number of alkyl halides is 1. The predicted octanol–water partition coefficient (Wildman–Crippen LogP) is 3.06. The van der Waals surface area contributed by atoms with Crippen LogP contribution in [0.15, 0.2) is 18.2 Å². The first-order valence-electron chi connectivity index (χ1n) is 6.47. The Morgan fingerprint density at radius 1 is 1.42 bits per heavy atom. The summed E-state index contributed by atoms with van der Waals surface area (Å²) in [4.78, 5) is 12.1. The van der Waals surface area contributed by atoms with Gasteiger partial charge in [0, 0.05) is 11.9 Å². The number of nitrogens with one attached hydrogen (secondary N) is 1. The Hall–Kier alpha value is -1.29. The fourth-order valence-corrected chi connectivity index (χ4v) is 2.89.